The van der Waals surface area contributed by atoms with Crippen LogP contribution in [0.4, 0.5) is 0 Å². The Kier molecular flexibility index (Phi) is 2.25. The van der Waals surface area contributed by atoms with Gasteiger partial charge in [0.25, 0.3) is 0 Å². The van der Waals surface area contributed by atoms with Crippen molar-refractivity contribution in [2.75, 3.05) is 0 Å². The minimum Gasteiger partial charge on any atom is -0.423 e. The Bertz CT molecular complexity index is 571. The molecule has 0 saturated heterocycles. The normalized spacial score (nSPS) is 10.4. The van der Waals surface area contributed by atoms with E-state index in [-0.39, 0.29) is 6.42 Å². The molecule has 0 saturated carbocycles. The van der Waals surface area contributed by atoms with E-state index in [1.165, 1.54) is 0 Å². The molecule has 0 bridgehead atoms. The fourth-order valence-corrected chi connectivity index (χ4v) is 1.42. The molecule has 4 heteroatoms. The van der Waals surface area contributed by atoms with Crippen molar-refractivity contribution in [3.05, 3.63) is 46.3 Å². The smallest absolute Gasteiger partial charge is 0.339 e. The SMILES string of the molecule is NC(=O)Cc1cc2ccccc2oc1=O. The zero-order valence-electron chi connectivity index (χ0n) is 7.90. The molecule has 0 radical (unpaired) electrons. The second kappa shape index (κ2) is 3.57. The second-order valence-corrected chi connectivity index (χ2v) is 3.24. The van der Waals surface area contributed by atoms with Crippen molar-refractivity contribution in [1.82, 2.24) is 0 Å². The fraction of sp³-hybridized carbons (Fsp3) is 0.0909. The molecule has 1 aromatic heterocycles. The van der Waals surface area contributed by atoms with Gasteiger partial charge in [-0.25, -0.2) is 4.79 Å². The van der Waals surface area contributed by atoms with Gasteiger partial charge in [0, 0.05) is 10.9 Å². The van der Waals surface area contributed by atoms with E-state index in [1.54, 1.807) is 18.2 Å². The van der Waals surface area contributed by atoms with E-state index in [1.807, 2.05) is 12.1 Å². The third kappa shape index (κ3) is 1.88. The van der Waals surface area contributed by atoms with Crippen molar-refractivity contribution < 1.29 is 9.21 Å². The highest BCUT2D eigenvalue weighted by atomic mass is 16.4. The van der Waals surface area contributed by atoms with Gasteiger partial charge in [0.05, 0.1) is 6.42 Å². The zero-order valence-corrected chi connectivity index (χ0v) is 7.90. The summed E-state index contributed by atoms with van der Waals surface area (Å²) < 4.78 is 5.03. The molecule has 0 spiro atoms. The quantitative estimate of drug-likeness (QED) is 0.734. The predicted octanol–water partition coefficient (Wildman–Crippen LogP) is 0.821. The van der Waals surface area contributed by atoms with Gasteiger partial charge in [-0.3, -0.25) is 4.79 Å². The maximum absolute atomic E-state index is 11.4. The van der Waals surface area contributed by atoms with Crippen LogP contribution in [0.5, 0.6) is 0 Å². The summed E-state index contributed by atoms with van der Waals surface area (Å²) in [7, 11) is 0. The molecule has 2 aromatic rings. The number of para-hydroxylation sites is 1. The lowest BCUT2D eigenvalue weighted by Gasteiger charge is -1.99. The summed E-state index contributed by atoms with van der Waals surface area (Å²) in [5.41, 5.74) is 5.31. The molecule has 1 heterocycles. The Labute approximate surface area is 85.3 Å². The summed E-state index contributed by atoms with van der Waals surface area (Å²) in [6.07, 6.45) is -0.0901. The summed E-state index contributed by atoms with van der Waals surface area (Å²) in [4.78, 5) is 22.1. The molecule has 2 N–H and O–H groups in total. The van der Waals surface area contributed by atoms with Crippen LogP contribution in [0.1, 0.15) is 5.56 Å². The maximum atomic E-state index is 11.4. The average Bonchev–Trinajstić information content (AvgIpc) is 2.18. The molecular weight excluding hydrogens is 194 g/mol. The Balaban J connectivity index is 2.62. The molecule has 76 valence electrons. The molecule has 0 unspecified atom stereocenters. The van der Waals surface area contributed by atoms with E-state index >= 15 is 0 Å². The summed E-state index contributed by atoms with van der Waals surface area (Å²) >= 11 is 0. The number of benzene rings is 1. The van der Waals surface area contributed by atoms with Crippen molar-refractivity contribution in [3.63, 3.8) is 0 Å². The number of amides is 1. The number of nitrogens with two attached hydrogens (primary N) is 1. The number of carbonyl (C=O) groups is 1. The number of hydrogen-bond donors (Lipinski definition) is 1. The van der Waals surface area contributed by atoms with Gasteiger partial charge in [0.15, 0.2) is 0 Å². The number of carbonyl (C=O) groups excluding carboxylic acids is 1. The first-order chi connectivity index (χ1) is 7.16. The van der Waals surface area contributed by atoms with Crippen LogP contribution in [-0.4, -0.2) is 5.91 Å². The molecule has 15 heavy (non-hydrogen) atoms. The molecule has 2 rings (SSSR count). The number of hydrogen-bond acceptors (Lipinski definition) is 3. The molecule has 0 aliphatic heterocycles. The van der Waals surface area contributed by atoms with Crippen LogP contribution in [0.25, 0.3) is 11.0 Å². The average molecular weight is 203 g/mol. The van der Waals surface area contributed by atoms with Crippen molar-refractivity contribution >= 4 is 16.9 Å². The van der Waals surface area contributed by atoms with E-state index in [2.05, 4.69) is 0 Å². The van der Waals surface area contributed by atoms with Gasteiger partial charge in [-0.1, -0.05) is 18.2 Å². The third-order valence-corrected chi connectivity index (χ3v) is 2.08. The monoisotopic (exact) mass is 203 g/mol. The van der Waals surface area contributed by atoms with Gasteiger partial charge in [-0.15, -0.1) is 0 Å². The van der Waals surface area contributed by atoms with Crippen LogP contribution in [0.15, 0.2) is 39.5 Å². The van der Waals surface area contributed by atoms with Crippen LogP contribution < -0.4 is 11.4 Å². The minimum atomic E-state index is -0.544. The molecule has 1 amide bonds. The maximum Gasteiger partial charge on any atom is 0.339 e. The zero-order chi connectivity index (χ0) is 10.8. The highest BCUT2D eigenvalue weighted by molar-refractivity contribution is 5.80. The van der Waals surface area contributed by atoms with Crippen molar-refractivity contribution in [2.24, 2.45) is 5.73 Å². The van der Waals surface area contributed by atoms with Gasteiger partial charge < -0.3 is 10.2 Å². The van der Waals surface area contributed by atoms with E-state index in [9.17, 15) is 9.59 Å². The minimum absolute atomic E-state index is 0.0901. The third-order valence-electron chi connectivity index (χ3n) is 2.08. The molecule has 0 fully saturated rings. The topological polar surface area (TPSA) is 73.3 Å². The van der Waals surface area contributed by atoms with Crippen LogP contribution in [0, 0.1) is 0 Å². The van der Waals surface area contributed by atoms with E-state index in [0.717, 1.165) is 5.39 Å². The van der Waals surface area contributed by atoms with Crippen LogP contribution in [0.2, 0.25) is 0 Å². The fourth-order valence-electron chi connectivity index (χ4n) is 1.42. The predicted molar refractivity (Wildman–Crippen MR) is 55.4 cm³/mol. The number of primary amides is 1. The van der Waals surface area contributed by atoms with E-state index in [0.29, 0.717) is 11.1 Å². The van der Waals surface area contributed by atoms with Crippen molar-refractivity contribution in [3.8, 4) is 0 Å². The summed E-state index contributed by atoms with van der Waals surface area (Å²) in [5.74, 6) is -0.544. The first kappa shape index (κ1) is 9.45. The molecule has 0 atom stereocenters. The van der Waals surface area contributed by atoms with Gasteiger partial charge >= 0.3 is 5.63 Å². The van der Waals surface area contributed by atoms with Crippen LogP contribution in [-0.2, 0) is 11.2 Å². The Morgan fingerprint density at radius 1 is 1.33 bits per heavy atom. The Morgan fingerprint density at radius 3 is 2.80 bits per heavy atom. The van der Waals surface area contributed by atoms with Crippen molar-refractivity contribution in [1.29, 1.82) is 0 Å². The lowest BCUT2D eigenvalue weighted by Crippen LogP contribution is -2.19. The summed E-state index contributed by atoms with van der Waals surface area (Å²) in [6.45, 7) is 0. The Hall–Kier alpha value is -2.10. The molecule has 1 aromatic carbocycles. The highest BCUT2D eigenvalue weighted by Crippen LogP contribution is 2.12. The lowest BCUT2D eigenvalue weighted by molar-refractivity contribution is -0.117. The Morgan fingerprint density at radius 2 is 2.07 bits per heavy atom. The van der Waals surface area contributed by atoms with Gasteiger partial charge in [0.1, 0.15) is 5.58 Å². The largest absolute Gasteiger partial charge is 0.423 e. The summed E-state index contributed by atoms with van der Waals surface area (Å²) in [5, 5.41) is 0.786. The van der Waals surface area contributed by atoms with Crippen molar-refractivity contribution in [2.45, 2.75) is 6.42 Å². The van der Waals surface area contributed by atoms with E-state index in [4.69, 9.17) is 10.2 Å². The standard InChI is InChI=1S/C11H9NO3/c12-10(13)6-8-5-7-3-1-2-4-9(7)15-11(8)14/h1-5H,6H2,(H2,12,13). The highest BCUT2D eigenvalue weighted by Gasteiger charge is 2.07. The van der Waals surface area contributed by atoms with Gasteiger partial charge in [0.2, 0.25) is 5.91 Å². The van der Waals surface area contributed by atoms with Gasteiger partial charge in [-0.05, 0) is 12.1 Å². The first-order valence-corrected chi connectivity index (χ1v) is 4.47. The summed E-state index contributed by atoms with van der Waals surface area (Å²) in [6, 6.07) is 8.74. The van der Waals surface area contributed by atoms with E-state index < -0.39 is 11.5 Å². The molecule has 0 aliphatic rings. The lowest BCUT2D eigenvalue weighted by atomic mass is 10.1. The first-order valence-electron chi connectivity index (χ1n) is 4.47. The van der Waals surface area contributed by atoms with Gasteiger partial charge in [-0.2, -0.15) is 0 Å². The second-order valence-electron chi connectivity index (χ2n) is 3.24. The molecular formula is C11H9NO3. The number of rotatable bonds is 2. The van der Waals surface area contributed by atoms with Crippen LogP contribution >= 0.6 is 0 Å². The molecule has 0 aliphatic carbocycles. The van der Waals surface area contributed by atoms with Crippen LogP contribution in [0.3, 0.4) is 0 Å². The molecule has 4 nitrogen and oxygen atoms in total. The number of fused-ring (bicyclic) bond motifs is 1.